The van der Waals surface area contributed by atoms with Gasteiger partial charge in [0.2, 0.25) is 5.91 Å². The Morgan fingerprint density at radius 3 is 2.48 bits per heavy atom. The molecule has 1 amide bonds. The zero-order valence-electron chi connectivity index (χ0n) is 18.9. The Kier molecular flexibility index (Phi) is 8.30. The molecular formula is C22H33N5O4. The summed E-state index contributed by atoms with van der Waals surface area (Å²) in [6.07, 6.45) is 0. The molecule has 0 unspecified atom stereocenters. The number of amides is 1. The number of carbonyl (C=O) groups is 1. The second-order valence-corrected chi connectivity index (χ2v) is 8.25. The minimum Gasteiger partial charge on any atom is -0.492 e. The predicted octanol–water partition coefficient (Wildman–Crippen LogP) is 2.27. The molecule has 31 heavy (non-hydrogen) atoms. The number of benzene rings is 1. The highest BCUT2D eigenvalue weighted by Gasteiger charge is 2.22. The largest absolute Gasteiger partial charge is 0.492 e. The third-order valence-corrected chi connectivity index (χ3v) is 4.46. The Balaban J connectivity index is 2.38. The van der Waals surface area contributed by atoms with Crippen LogP contribution in [0.25, 0.3) is 0 Å². The molecule has 0 saturated heterocycles. The van der Waals surface area contributed by atoms with E-state index in [2.05, 4.69) is 10.3 Å². The van der Waals surface area contributed by atoms with Crippen LogP contribution in [-0.4, -0.2) is 35.2 Å². The van der Waals surface area contributed by atoms with Crippen molar-refractivity contribution in [2.24, 2.45) is 11.8 Å². The van der Waals surface area contributed by atoms with E-state index in [9.17, 15) is 14.4 Å². The van der Waals surface area contributed by atoms with Gasteiger partial charge in [-0.05, 0) is 30.9 Å². The van der Waals surface area contributed by atoms with Gasteiger partial charge in [-0.1, -0.05) is 39.8 Å². The summed E-state index contributed by atoms with van der Waals surface area (Å²) in [6.45, 7) is 10.8. The highest BCUT2D eigenvalue weighted by Crippen LogP contribution is 2.24. The Hall–Kier alpha value is -3.23. The predicted molar refractivity (Wildman–Crippen MR) is 124 cm³/mol. The first-order chi connectivity index (χ1) is 14.6. The zero-order chi connectivity index (χ0) is 23.1. The van der Waals surface area contributed by atoms with Crippen molar-refractivity contribution in [3.8, 4) is 5.75 Å². The van der Waals surface area contributed by atoms with Gasteiger partial charge in [0.05, 0.1) is 18.8 Å². The first-order valence-corrected chi connectivity index (χ1v) is 10.5. The van der Waals surface area contributed by atoms with E-state index in [1.54, 1.807) is 23.1 Å². The molecule has 0 aliphatic rings. The van der Waals surface area contributed by atoms with Crippen LogP contribution >= 0.6 is 0 Å². The fourth-order valence-corrected chi connectivity index (χ4v) is 3.32. The van der Waals surface area contributed by atoms with Crippen molar-refractivity contribution in [3.05, 3.63) is 45.1 Å². The number of H-pyrrole nitrogens is 1. The van der Waals surface area contributed by atoms with Crippen LogP contribution in [0.2, 0.25) is 0 Å². The first kappa shape index (κ1) is 24.0. The standard InChI is InChI=1S/C22H33N5O4/c1-6-31-17-10-8-7-9-16(17)24-18(28)13-26(11-14(2)3)19-20(23)27(12-15(4)5)22(30)25-21(19)29/h7-10,14-15H,6,11-13,23H2,1-5H3,(H,24,28)(H,25,29,30). The molecule has 2 rings (SSSR count). The smallest absolute Gasteiger partial charge is 0.330 e. The van der Waals surface area contributed by atoms with Crippen LogP contribution in [0, 0.1) is 11.8 Å². The fraction of sp³-hybridized carbons (Fsp3) is 0.500. The molecular weight excluding hydrogens is 398 g/mol. The number of nitrogens with zero attached hydrogens (tertiary/aromatic N) is 2. The van der Waals surface area contributed by atoms with Gasteiger partial charge in [0, 0.05) is 13.1 Å². The Morgan fingerprint density at radius 2 is 1.87 bits per heavy atom. The molecule has 1 aromatic carbocycles. The van der Waals surface area contributed by atoms with Gasteiger partial charge in [0.1, 0.15) is 17.3 Å². The molecule has 1 heterocycles. The quantitative estimate of drug-likeness (QED) is 0.530. The van der Waals surface area contributed by atoms with Crippen LogP contribution in [0.1, 0.15) is 34.6 Å². The second-order valence-electron chi connectivity index (χ2n) is 8.25. The summed E-state index contributed by atoms with van der Waals surface area (Å²) in [5.74, 6) is 0.596. The van der Waals surface area contributed by atoms with E-state index >= 15 is 0 Å². The lowest BCUT2D eigenvalue weighted by Gasteiger charge is -2.27. The molecule has 0 bridgehead atoms. The molecule has 0 aliphatic heterocycles. The van der Waals surface area contributed by atoms with Crippen molar-refractivity contribution < 1.29 is 9.53 Å². The topological polar surface area (TPSA) is 122 Å². The molecule has 1 aromatic heterocycles. The lowest BCUT2D eigenvalue weighted by Crippen LogP contribution is -2.43. The third kappa shape index (κ3) is 6.37. The molecule has 0 aliphatic carbocycles. The van der Waals surface area contributed by atoms with Crippen molar-refractivity contribution in [3.63, 3.8) is 0 Å². The molecule has 0 atom stereocenters. The highest BCUT2D eigenvalue weighted by molar-refractivity contribution is 5.95. The third-order valence-electron chi connectivity index (χ3n) is 4.46. The average molecular weight is 432 g/mol. The van der Waals surface area contributed by atoms with Crippen LogP contribution in [0.4, 0.5) is 17.2 Å². The summed E-state index contributed by atoms with van der Waals surface area (Å²) in [7, 11) is 0. The number of nitrogens with two attached hydrogens (primary N) is 1. The summed E-state index contributed by atoms with van der Waals surface area (Å²) in [5.41, 5.74) is 5.76. The Morgan fingerprint density at radius 1 is 1.19 bits per heavy atom. The highest BCUT2D eigenvalue weighted by atomic mass is 16.5. The van der Waals surface area contributed by atoms with Gasteiger partial charge in [-0.25, -0.2) is 4.79 Å². The summed E-state index contributed by atoms with van der Waals surface area (Å²) >= 11 is 0. The first-order valence-electron chi connectivity index (χ1n) is 10.5. The monoisotopic (exact) mass is 431 g/mol. The second kappa shape index (κ2) is 10.7. The summed E-state index contributed by atoms with van der Waals surface area (Å²) in [4.78, 5) is 41.7. The molecule has 9 heteroatoms. The van der Waals surface area contributed by atoms with E-state index < -0.39 is 11.2 Å². The van der Waals surface area contributed by atoms with Gasteiger partial charge < -0.3 is 20.7 Å². The molecule has 0 radical (unpaired) electrons. The Bertz CT molecular complexity index is 1010. The summed E-state index contributed by atoms with van der Waals surface area (Å²) in [6, 6.07) is 7.15. The number of carbonyl (C=O) groups excluding carboxylic acids is 1. The number of nitrogens with one attached hydrogen (secondary N) is 2. The van der Waals surface area contributed by atoms with Crippen molar-refractivity contribution in [1.29, 1.82) is 0 Å². The van der Waals surface area contributed by atoms with Gasteiger partial charge >= 0.3 is 5.69 Å². The van der Waals surface area contributed by atoms with Crippen molar-refractivity contribution >= 4 is 23.1 Å². The molecule has 0 spiro atoms. The van der Waals surface area contributed by atoms with Crippen molar-refractivity contribution in [2.75, 3.05) is 35.6 Å². The van der Waals surface area contributed by atoms with E-state index in [0.29, 0.717) is 31.1 Å². The SMILES string of the molecule is CCOc1ccccc1NC(=O)CN(CC(C)C)c1c(N)n(CC(C)C)c(=O)[nH]c1=O. The molecule has 170 valence electrons. The van der Waals surface area contributed by atoms with Gasteiger partial charge in [-0.15, -0.1) is 0 Å². The van der Waals surface area contributed by atoms with E-state index in [0.717, 1.165) is 0 Å². The number of aromatic nitrogens is 2. The number of anilines is 3. The van der Waals surface area contributed by atoms with Gasteiger partial charge in [0.15, 0.2) is 0 Å². The maximum atomic E-state index is 12.9. The average Bonchev–Trinajstić information content (AvgIpc) is 2.66. The lowest BCUT2D eigenvalue weighted by molar-refractivity contribution is -0.115. The summed E-state index contributed by atoms with van der Waals surface area (Å²) < 4.78 is 6.90. The number of hydrogen-bond acceptors (Lipinski definition) is 6. The number of nitrogen functional groups attached to an aromatic ring is 1. The normalized spacial score (nSPS) is 11.1. The molecule has 2 aromatic rings. The van der Waals surface area contributed by atoms with E-state index in [1.807, 2.05) is 40.7 Å². The van der Waals surface area contributed by atoms with Crippen LogP contribution in [0.3, 0.4) is 0 Å². The maximum Gasteiger partial charge on any atom is 0.330 e. The Labute approximate surface area is 182 Å². The van der Waals surface area contributed by atoms with Crippen molar-refractivity contribution in [1.82, 2.24) is 9.55 Å². The van der Waals surface area contributed by atoms with Crippen LogP contribution in [-0.2, 0) is 11.3 Å². The number of para-hydroxylation sites is 2. The number of hydrogen-bond donors (Lipinski definition) is 3. The molecule has 0 saturated carbocycles. The summed E-state index contributed by atoms with van der Waals surface area (Å²) in [5, 5.41) is 2.84. The van der Waals surface area contributed by atoms with E-state index in [4.69, 9.17) is 10.5 Å². The molecule has 0 fully saturated rings. The number of ether oxygens (including phenoxy) is 1. The van der Waals surface area contributed by atoms with Crippen LogP contribution < -0.4 is 31.9 Å². The minimum atomic E-state index is -0.606. The fourth-order valence-electron chi connectivity index (χ4n) is 3.32. The van der Waals surface area contributed by atoms with Gasteiger partial charge in [-0.2, -0.15) is 0 Å². The maximum absolute atomic E-state index is 12.9. The minimum absolute atomic E-state index is 0.0608. The van der Waals surface area contributed by atoms with Crippen molar-refractivity contribution in [2.45, 2.75) is 41.2 Å². The van der Waals surface area contributed by atoms with Crippen LogP contribution in [0.15, 0.2) is 33.9 Å². The van der Waals surface area contributed by atoms with E-state index in [1.165, 1.54) is 4.57 Å². The number of rotatable bonds is 10. The number of aromatic amines is 1. The zero-order valence-corrected chi connectivity index (χ0v) is 18.9. The molecule has 9 nitrogen and oxygen atoms in total. The van der Waals surface area contributed by atoms with Gasteiger partial charge in [0.25, 0.3) is 5.56 Å². The lowest BCUT2D eigenvalue weighted by atomic mass is 10.2. The van der Waals surface area contributed by atoms with E-state index in [-0.39, 0.29) is 35.8 Å². The van der Waals surface area contributed by atoms with Gasteiger partial charge in [-0.3, -0.25) is 19.1 Å². The molecule has 4 N–H and O–H groups in total. The van der Waals surface area contributed by atoms with Crippen LogP contribution in [0.5, 0.6) is 5.75 Å².